The average Bonchev–Trinajstić information content (AvgIpc) is 3.11. The van der Waals surface area contributed by atoms with Crippen LogP contribution in [0.5, 0.6) is 0 Å². The third-order valence-corrected chi connectivity index (χ3v) is 9.19. The molecule has 0 aromatic carbocycles. The van der Waals surface area contributed by atoms with Gasteiger partial charge < -0.3 is 38.1 Å². The van der Waals surface area contributed by atoms with E-state index >= 15 is 0 Å². The van der Waals surface area contributed by atoms with E-state index in [1.165, 1.54) is 12.8 Å². The van der Waals surface area contributed by atoms with Crippen molar-refractivity contribution >= 4 is 19.8 Å². The van der Waals surface area contributed by atoms with E-state index in [9.17, 15) is 29.3 Å². The molecule has 0 bridgehead atoms. The Morgan fingerprint density at radius 3 is 1.89 bits per heavy atom. The Hall–Kier alpha value is -2.37. The summed E-state index contributed by atoms with van der Waals surface area (Å²) < 4.78 is 33.5. The second-order valence-electron chi connectivity index (χ2n) is 14.6. The van der Waals surface area contributed by atoms with E-state index in [-0.39, 0.29) is 38.7 Å². The molecule has 0 saturated heterocycles. The van der Waals surface area contributed by atoms with Crippen LogP contribution in [0, 0.1) is 0 Å². The Bertz CT molecular complexity index is 1140. The number of ether oxygens (including phenoxy) is 2. The zero-order valence-electron chi connectivity index (χ0n) is 34.1. The number of likely N-dealkylation sites (N-methyl/N-ethyl adjacent to an activating group) is 1. The van der Waals surface area contributed by atoms with Crippen LogP contribution in [0.1, 0.15) is 129 Å². The van der Waals surface area contributed by atoms with Gasteiger partial charge in [0.2, 0.25) is 0 Å². The third kappa shape index (κ3) is 35.3. The minimum Gasteiger partial charge on any atom is -0.756 e. The van der Waals surface area contributed by atoms with E-state index in [1.807, 2.05) is 39.4 Å². The van der Waals surface area contributed by atoms with Gasteiger partial charge in [0.25, 0.3) is 7.82 Å². The summed E-state index contributed by atoms with van der Waals surface area (Å²) in [6.07, 6.45) is 31.5. The van der Waals surface area contributed by atoms with Crippen LogP contribution in [-0.4, -0.2) is 92.5 Å². The Morgan fingerprint density at radius 1 is 0.685 bits per heavy atom. The van der Waals surface area contributed by atoms with Crippen LogP contribution in [-0.2, 0) is 32.7 Å². The Kier molecular flexibility index (Phi) is 32.4. The minimum absolute atomic E-state index is 0.0436. The summed E-state index contributed by atoms with van der Waals surface area (Å²) in [7, 11) is 0.994. The topological polar surface area (TPSA) is 152 Å². The highest BCUT2D eigenvalue weighted by Gasteiger charge is 2.22. The number of quaternary nitrogens is 1. The molecule has 0 spiro atoms. The smallest absolute Gasteiger partial charge is 0.306 e. The Balaban J connectivity index is 4.67. The van der Waals surface area contributed by atoms with Gasteiger partial charge in [-0.05, 0) is 70.6 Å². The molecule has 1 unspecified atom stereocenters. The number of phosphoric ester groups is 1. The first kappa shape index (κ1) is 51.6. The van der Waals surface area contributed by atoms with Gasteiger partial charge >= 0.3 is 11.9 Å². The molecular formula is C42H74NO10P. The summed E-state index contributed by atoms with van der Waals surface area (Å²) >= 11 is 0. The van der Waals surface area contributed by atoms with Crippen LogP contribution in [0.2, 0.25) is 0 Å². The molecule has 4 atom stereocenters. The van der Waals surface area contributed by atoms with Gasteiger partial charge in [-0.15, -0.1) is 0 Å². The number of nitrogens with zero attached hydrogens (tertiary/aromatic N) is 1. The largest absolute Gasteiger partial charge is 0.756 e. The molecular weight excluding hydrogens is 709 g/mol. The predicted octanol–water partition coefficient (Wildman–Crippen LogP) is 8.21. The second-order valence-corrected chi connectivity index (χ2v) is 16.0. The van der Waals surface area contributed by atoms with Gasteiger partial charge in [-0.2, -0.15) is 0 Å². The van der Waals surface area contributed by atoms with Crippen molar-refractivity contribution in [3.8, 4) is 0 Å². The number of allylic oxidation sites excluding steroid dienone is 9. The molecule has 0 rings (SSSR count). The number of hydrogen-bond donors (Lipinski definition) is 2. The first-order valence-electron chi connectivity index (χ1n) is 20.2. The van der Waals surface area contributed by atoms with Crippen molar-refractivity contribution in [1.29, 1.82) is 0 Å². The lowest BCUT2D eigenvalue weighted by atomic mass is 10.0. The van der Waals surface area contributed by atoms with Crippen molar-refractivity contribution in [2.45, 2.75) is 148 Å². The average molecular weight is 784 g/mol. The van der Waals surface area contributed by atoms with Crippen LogP contribution in [0.15, 0.2) is 60.8 Å². The lowest BCUT2D eigenvalue weighted by molar-refractivity contribution is -0.870. The number of carbonyl (C=O) groups excluding carboxylic acids is 2. The van der Waals surface area contributed by atoms with Crippen molar-refractivity contribution < 1.29 is 52.3 Å². The maximum Gasteiger partial charge on any atom is 0.306 e. The van der Waals surface area contributed by atoms with E-state index in [1.54, 1.807) is 0 Å². The van der Waals surface area contributed by atoms with Crippen molar-refractivity contribution in [2.75, 3.05) is 47.5 Å². The van der Waals surface area contributed by atoms with Crippen LogP contribution in [0.4, 0.5) is 0 Å². The van der Waals surface area contributed by atoms with Crippen molar-refractivity contribution in [2.24, 2.45) is 0 Å². The number of aliphatic hydroxyl groups excluding tert-OH is 2. The SMILES string of the molecule is CC/C=C\C/C=C\C/C=C\C/C=C\C[C@H](O)[C@@H](O)CCCC(=O)OC[C@H](COP(=O)([O-])OCC[N+](C)(C)C)OC(=O)CCCCCCC/C=C\CCCC. The summed E-state index contributed by atoms with van der Waals surface area (Å²) in [5, 5.41) is 20.7. The summed E-state index contributed by atoms with van der Waals surface area (Å²) in [6, 6.07) is 0. The summed E-state index contributed by atoms with van der Waals surface area (Å²) in [6.45, 7) is 3.69. The standard InChI is InChI=1S/C42H74NO10P/c1-6-8-10-12-14-16-18-20-21-23-25-27-30-39(44)40(45)31-29-33-41(46)50-36-38(37-52-54(48,49)51-35-34-43(3,4)5)53-42(47)32-28-26-24-22-19-17-15-13-11-9-7-2/h8,10,13-16,20-21,25,27,38-40,44-45H,6-7,9,11-12,17-19,22-24,26,28-37H2,1-5H3/b10-8-,15-13-,16-14-,21-20-,27-25-/t38-,39+,40+/m1/s1. The first-order chi connectivity index (χ1) is 25.8. The zero-order valence-corrected chi connectivity index (χ0v) is 35.0. The first-order valence-corrected chi connectivity index (χ1v) is 21.6. The lowest BCUT2D eigenvalue weighted by Gasteiger charge is -2.28. The highest BCUT2D eigenvalue weighted by atomic mass is 31.2. The summed E-state index contributed by atoms with van der Waals surface area (Å²) in [5.41, 5.74) is 0. The number of aliphatic hydroxyl groups is 2. The van der Waals surface area contributed by atoms with Gasteiger partial charge in [-0.3, -0.25) is 14.2 Å². The normalized spacial score (nSPS) is 15.5. The molecule has 0 radical (unpaired) electrons. The van der Waals surface area contributed by atoms with Gasteiger partial charge in [0.05, 0.1) is 40.0 Å². The Morgan fingerprint density at radius 2 is 1.26 bits per heavy atom. The number of phosphoric acid groups is 1. The van der Waals surface area contributed by atoms with Gasteiger partial charge in [-0.25, -0.2) is 0 Å². The van der Waals surface area contributed by atoms with Gasteiger partial charge in [0, 0.05) is 12.8 Å². The highest BCUT2D eigenvalue weighted by molar-refractivity contribution is 7.45. The molecule has 11 nitrogen and oxygen atoms in total. The third-order valence-electron chi connectivity index (χ3n) is 8.22. The van der Waals surface area contributed by atoms with Crippen LogP contribution < -0.4 is 4.89 Å². The molecule has 54 heavy (non-hydrogen) atoms. The number of esters is 2. The minimum atomic E-state index is -4.69. The second kappa shape index (κ2) is 33.9. The van der Waals surface area contributed by atoms with Gasteiger partial charge in [0.1, 0.15) is 19.8 Å². The fourth-order valence-corrected chi connectivity index (χ4v) is 5.63. The van der Waals surface area contributed by atoms with Crippen LogP contribution in [0.25, 0.3) is 0 Å². The van der Waals surface area contributed by atoms with E-state index in [4.69, 9.17) is 18.5 Å². The monoisotopic (exact) mass is 784 g/mol. The molecule has 12 heteroatoms. The van der Waals surface area contributed by atoms with E-state index < -0.39 is 51.3 Å². The fourth-order valence-electron chi connectivity index (χ4n) is 4.90. The van der Waals surface area contributed by atoms with E-state index in [2.05, 4.69) is 56.4 Å². The van der Waals surface area contributed by atoms with E-state index in [0.717, 1.165) is 64.2 Å². The molecule has 0 aliphatic rings. The molecule has 0 aromatic rings. The van der Waals surface area contributed by atoms with Crippen LogP contribution >= 0.6 is 7.82 Å². The number of carbonyl (C=O) groups is 2. The van der Waals surface area contributed by atoms with E-state index in [0.29, 0.717) is 17.4 Å². The molecule has 312 valence electrons. The fraction of sp³-hybridized carbons (Fsp3) is 0.714. The molecule has 0 aliphatic heterocycles. The Labute approximate surface area is 327 Å². The number of rotatable bonds is 35. The van der Waals surface area contributed by atoms with Crippen molar-refractivity contribution in [3.05, 3.63) is 60.8 Å². The molecule has 0 heterocycles. The maximum absolute atomic E-state index is 12.6. The van der Waals surface area contributed by atoms with Crippen molar-refractivity contribution in [3.63, 3.8) is 0 Å². The zero-order chi connectivity index (χ0) is 40.3. The molecule has 0 aromatic heterocycles. The van der Waals surface area contributed by atoms with Crippen LogP contribution in [0.3, 0.4) is 0 Å². The molecule has 0 aliphatic carbocycles. The van der Waals surface area contributed by atoms with Crippen molar-refractivity contribution in [1.82, 2.24) is 0 Å². The predicted molar refractivity (Wildman–Crippen MR) is 215 cm³/mol. The lowest BCUT2D eigenvalue weighted by Crippen LogP contribution is -2.37. The molecule has 2 N–H and O–H groups in total. The number of hydrogen-bond acceptors (Lipinski definition) is 10. The molecule has 0 saturated carbocycles. The van der Waals surface area contributed by atoms with Gasteiger partial charge in [-0.1, -0.05) is 107 Å². The summed E-state index contributed by atoms with van der Waals surface area (Å²) in [5.74, 6) is -1.14. The summed E-state index contributed by atoms with van der Waals surface area (Å²) in [4.78, 5) is 37.4. The maximum atomic E-state index is 12.6. The van der Waals surface area contributed by atoms with Gasteiger partial charge in [0.15, 0.2) is 6.10 Å². The number of unbranched alkanes of at least 4 members (excludes halogenated alkanes) is 7. The highest BCUT2D eigenvalue weighted by Crippen LogP contribution is 2.38. The molecule has 0 fully saturated rings. The quantitative estimate of drug-likeness (QED) is 0.0212. The molecule has 0 amide bonds.